The molecule has 1 aromatic heterocycles. The van der Waals surface area contributed by atoms with E-state index in [4.69, 9.17) is 34.3 Å². The lowest BCUT2D eigenvalue weighted by Crippen LogP contribution is -2.38. The summed E-state index contributed by atoms with van der Waals surface area (Å²) >= 11 is 12.6. The minimum absolute atomic E-state index is 0.247. The van der Waals surface area contributed by atoms with Crippen molar-refractivity contribution in [2.24, 2.45) is 0 Å². The first-order chi connectivity index (χ1) is 15.5. The molecule has 7 heteroatoms. The van der Waals surface area contributed by atoms with Crippen molar-refractivity contribution in [1.29, 1.82) is 5.41 Å². The molecule has 0 bridgehead atoms. The SMILES string of the molecule is N=c1n(Cc2ccccc2Cl)c2ccccc2n1C1CCN(c2cc(Cl)ccc2N)CC1. The van der Waals surface area contributed by atoms with Crippen LogP contribution in [0.5, 0.6) is 0 Å². The van der Waals surface area contributed by atoms with Gasteiger partial charge in [0.1, 0.15) is 0 Å². The Morgan fingerprint density at radius 3 is 2.34 bits per heavy atom. The van der Waals surface area contributed by atoms with Crippen LogP contribution in [0.25, 0.3) is 11.0 Å². The molecule has 0 spiro atoms. The van der Waals surface area contributed by atoms with Crippen molar-refractivity contribution in [1.82, 2.24) is 9.13 Å². The third-order valence-corrected chi connectivity index (χ3v) is 6.97. The summed E-state index contributed by atoms with van der Waals surface area (Å²) in [5, 5.41) is 10.5. The van der Waals surface area contributed by atoms with Crippen LogP contribution in [0.1, 0.15) is 24.4 Å². The van der Waals surface area contributed by atoms with Crippen molar-refractivity contribution in [3.8, 4) is 0 Å². The van der Waals surface area contributed by atoms with Gasteiger partial charge in [-0.15, -0.1) is 0 Å². The summed E-state index contributed by atoms with van der Waals surface area (Å²) in [4.78, 5) is 2.30. The first-order valence-electron chi connectivity index (χ1n) is 10.8. The van der Waals surface area contributed by atoms with E-state index in [1.54, 1.807) is 0 Å². The highest BCUT2D eigenvalue weighted by Gasteiger charge is 2.25. The average molecular weight is 466 g/mol. The van der Waals surface area contributed by atoms with Gasteiger partial charge in [0.25, 0.3) is 0 Å². The second kappa shape index (κ2) is 8.57. The molecule has 4 aromatic rings. The Morgan fingerprint density at radius 1 is 0.906 bits per heavy atom. The number of anilines is 2. The summed E-state index contributed by atoms with van der Waals surface area (Å²) in [6, 6.07) is 22.0. The number of halogens is 2. The van der Waals surface area contributed by atoms with Crippen molar-refractivity contribution in [2.45, 2.75) is 25.4 Å². The Hall–Kier alpha value is -2.89. The largest absolute Gasteiger partial charge is 0.397 e. The molecule has 0 amide bonds. The molecule has 0 aliphatic carbocycles. The van der Waals surface area contributed by atoms with Gasteiger partial charge in [0, 0.05) is 29.2 Å². The third kappa shape index (κ3) is 3.76. The van der Waals surface area contributed by atoms with E-state index in [0.717, 1.165) is 58.9 Å². The summed E-state index contributed by atoms with van der Waals surface area (Å²) < 4.78 is 4.24. The van der Waals surface area contributed by atoms with E-state index in [1.165, 1.54) is 0 Å². The number of imidazole rings is 1. The smallest absolute Gasteiger partial charge is 0.203 e. The van der Waals surface area contributed by atoms with Gasteiger partial charge in [-0.25, -0.2) is 0 Å². The fourth-order valence-corrected chi connectivity index (χ4v) is 5.10. The zero-order valence-corrected chi connectivity index (χ0v) is 19.2. The first-order valence-corrected chi connectivity index (χ1v) is 11.6. The van der Waals surface area contributed by atoms with E-state index >= 15 is 0 Å². The Bertz CT molecular complexity index is 1330. The summed E-state index contributed by atoms with van der Waals surface area (Å²) in [6.07, 6.45) is 1.87. The predicted octanol–water partition coefficient (Wildman–Crippen LogP) is 5.70. The highest BCUT2D eigenvalue weighted by atomic mass is 35.5. The van der Waals surface area contributed by atoms with E-state index < -0.39 is 0 Å². The number of rotatable bonds is 4. The quantitative estimate of drug-likeness (QED) is 0.379. The summed E-state index contributed by atoms with van der Waals surface area (Å²) in [5.41, 5.74) is 11.6. The second-order valence-electron chi connectivity index (χ2n) is 8.28. The van der Waals surface area contributed by atoms with Gasteiger partial charge >= 0.3 is 0 Å². The molecule has 2 heterocycles. The van der Waals surface area contributed by atoms with Crippen LogP contribution in [-0.4, -0.2) is 22.2 Å². The van der Waals surface area contributed by atoms with Crippen molar-refractivity contribution in [3.63, 3.8) is 0 Å². The fourth-order valence-electron chi connectivity index (χ4n) is 4.74. The second-order valence-corrected chi connectivity index (χ2v) is 9.12. The standard InChI is InChI=1S/C25H25Cl2N5/c26-18-9-10-21(28)24(15-18)30-13-11-19(12-14-30)32-23-8-4-3-7-22(23)31(25(32)29)16-17-5-1-2-6-20(17)27/h1-10,15,19,29H,11-14,16,28H2. The van der Waals surface area contributed by atoms with Gasteiger partial charge in [-0.1, -0.05) is 53.5 Å². The fraction of sp³-hybridized carbons (Fsp3) is 0.240. The van der Waals surface area contributed by atoms with Gasteiger partial charge in [-0.05, 0) is 54.8 Å². The molecule has 3 aromatic carbocycles. The lowest BCUT2D eigenvalue weighted by Gasteiger charge is -2.35. The maximum atomic E-state index is 9.04. The number of hydrogen-bond acceptors (Lipinski definition) is 3. The van der Waals surface area contributed by atoms with Gasteiger partial charge in [0.15, 0.2) is 0 Å². The number of nitrogen functional groups attached to an aromatic ring is 1. The zero-order valence-electron chi connectivity index (χ0n) is 17.6. The number of para-hydroxylation sites is 2. The van der Waals surface area contributed by atoms with Gasteiger partial charge in [-0.2, -0.15) is 0 Å². The monoisotopic (exact) mass is 465 g/mol. The summed E-state index contributed by atoms with van der Waals surface area (Å²) in [7, 11) is 0. The van der Waals surface area contributed by atoms with Crippen LogP contribution in [0.3, 0.4) is 0 Å². The minimum atomic E-state index is 0.247. The molecule has 0 saturated carbocycles. The Kier molecular flexibility index (Phi) is 5.62. The number of nitrogens with one attached hydrogen (secondary N) is 1. The lowest BCUT2D eigenvalue weighted by molar-refractivity contribution is 0.387. The lowest BCUT2D eigenvalue weighted by atomic mass is 10.0. The number of fused-ring (bicyclic) bond motifs is 1. The van der Waals surface area contributed by atoms with Crippen molar-refractivity contribution in [3.05, 3.63) is 88.0 Å². The molecule has 1 aliphatic heterocycles. The molecule has 5 rings (SSSR count). The highest BCUT2D eigenvalue weighted by Crippen LogP contribution is 2.33. The number of piperidine rings is 1. The van der Waals surface area contributed by atoms with Gasteiger partial charge < -0.3 is 19.8 Å². The molecule has 0 unspecified atom stereocenters. The van der Waals surface area contributed by atoms with E-state index in [-0.39, 0.29) is 6.04 Å². The van der Waals surface area contributed by atoms with Crippen molar-refractivity contribution in [2.75, 3.05) is 23.7 Å². The molecule has 32 heavy (non-hydrogen) atoms. The molecule has 1 aliphatic rings. The molecule has 164 valence electrons. The maximum Gasteiger partial charge on any atom is 0.203 e. The van der Waals surface area contributed by atoms with Crippen LogP contribution in [0, 0.1) is 5.41 Å². The van der Waals surface area contributed by atoms with Crippen LogP contribution in [-0.2, 0) is 6.54 Å². The molecule has 0 atom stereocenters. The van der Waals surface area contributed by atoms with E-state index in [2.05, 4.69) is 26.2 Å². The van der Waals surface area contributed by atoms with Gasteiger partial charge in [-0.3, -0.25) is 5.41 Å². The number of benzene rings is 3. The predicted molar refractivity (Wildman–Crippen MR) is 133 cm³/mol. The Labute approximate surface area is 197 Å². The van der Waals surface area contributed by atoms with Crippen LogP contribution >= 0.6 is 23.2 Å². The first kappa shape index (κ1) is 21.0. The number of hydrogen-bond donors (Lipinski definition) is 2. The molecular weight excluding hydrogens is 441 g/mol. The molecule has 1 saturated heterocycles. The average Bonchev–Trinajstić information content (AvgIpc) is 3.08. The van der Waals surface area contributed by atoms with Gasteiger partial charge in [0.05, 0.1) is 29.0 Å². The molecular formula is C25H25Cl2N5. The van der Waals surface area contributed by atoms with Crippen LogP contribution < -0.4 is 16.3 Å². The van der Waals surface area contributed by atoms with Crippen molar-refractivity contribution >= 4 is 45.6 Å². The Morgan fingerprint density at radius 2 is 1.59 bits per heavy atom. The van der Waals surface area contributed by atoms with Crippen LogP contribution in [0.15, 0.2) is 66.7 Å². The molecule has 5 nitrogen and oxygen atoms in total. The highest BCUT2D eigenvalue weighted by molar-refractivity contribution is 6.31. The third-order valence-electron chi connectivity index (χ3n) is 6.37. The normalized spacial score (nSPS) is 14.9. The number of nitrogens with zero attached hydrogens (tertiary/aromatic N) is 3. The zero-order chi connectivity index (χ0) is 22.2. The number of aromatic nitrogens is 2. The molecule has 0 radical (unpaired) electrons. The number of nitrogens with two attached hydrogens (primary N) is 1. The Balaban J connectivity index is 1.47. The summed E-state index contributed by atoms with van der Waals surface area (Å²) in [6.45, 7) is 2.31. The van der Waals surface area contributed by atoms with E-state index in [1.807, 2.05) is 54.6 Å². The van der Waals surface area contributed by atoms with Crippen LogP contribution in [0.2, 0.25) is 10.0 Å². The van der Waals surface area contributed by atoms with E-state index in [0.29, 0.717) is 17.2 Å². The molecule has 3 N–H and O–H groups in total. The maximum absolute atomic E-state index is 9.04. The van der Waals surface area contributed by atoms with Gasteiger partial charge in [0.2, 0.25) is 5.62 Å². The minimum Gasteiger partial charge on any atom is -0.397 e. The van der Waals surface area contributed by atoms with Crippen LogP contribution in [0.4, 0.5) is 11.4 Å². The summed E-state index contributed by atoms with van der Waals surface area (Å²) in [5.74, 6) is 0. The van der Waals surface area contributed by atoms with Crippen molar-refractivity contribution < 1.29 is 0 Å². The molecule has 1 fully saturated rings. The topological polar surface area (TPSA) is 63.0 Å². The van der Waals surface area contributed by atoms with E-state index in [9.17, 15) is 0 Å².